The highest BCUT2D eigenvalue weighted by Crippen LogP contribution is 2.21. The number of aromatic nitrogens is 2. The lowest BCUT2D eigenvalue weighted by molar-refractivity contribution is 0.0934. The molecule has 0 saturated carbocycles. The number of anilines is 1. The molecule has 2 amide bonds. The Morgan fingerprint density at radius 3 is 2.78 bits per heavy atom. The number of nitrogens with one attached hydrogen (secondary N) is 2. The first kappa shape index (κ1) is 18.9. The van der Waals surface area contributed by atoms with Crippen LogP contribution in [0.25, 0.3) is 5.52 Å². The van der Waals surface area contributed by atoms with E-state index in [2.05, 4.69) is 15.6 Å². The number of fused-ring (bicyclic) bond motifs is 1. The summed E-state index contributed by atoms with van der Waals surface area (Å²) in [6.45, 7) is 2.59. The van der Waals surface area contributed by atoms with Gasteiger partial charge in [-0.05, 0) is 42.8 Å². The number of benzene rings is 1. The fourth-order valence-corrected chi connectivity index (χ4v) is 2.89. The molecule has 0 saturated heterocycles. The predicted octanol–water partition coefficient (Wildman–Crippen LogP) is 2.92. The van der Waals surface area contributed by atoms with Gasteiger partial charge in [-0.3, -0.25) is 14.0 Å². The molecular formula is C19H19ClN4O3. The normalized spacial score (nSPS) is 10.8. The number of pyridine rings is 1. The van der Waals surface area contributed by atoms with Crippen LogP contribution in [0.3, 0.4) is 0 Å². The van der Waals surface area contributed by atoms with Gasteiger partial charge in [-0.2, -0.15) is 0 Å². The van der Waals surface area contributed by atoms with E-state index in [1.165, 1.54) is 0 Å². The lowest BCUT2D eigenvalue weighted by Crippen LogP contribution is -2.27. The van der Waals surface area contributed by atoms with Crippen LogP contribution >= 0.6 is 11.6 Å². The monoisotopic (exact) mass is 386 g/mol. The van der Waals surface area contributed by atoms with Gasteiger partial charge in [0.05, 0.1) is 12.1 Å². The Morgan fingerprint density at radius 2 is 2.04 bits per heavy atom. The number of rotatable bonds is 6. The van der Waals surface area contributed by atoms with Crippen molar-refractivity contribution in [1.82, 2.24) is 14.7 Å². The fraction of sp³-hybridized carbons (Fsp3) is 0.211. The molecule has 0 aliphatic rings. The van der Waals surface area contributed by atoms with Crippen LogP contribution in [0.5, 0.6) is 0 Å². The van der Waals surface area contributed by atoms with Crippen LogP contribution in [-0.4, -0.2) is 41.5 Å². The summed E-state index contributed by atoms with van der Waals surface area (Å²) in [5.41, 5.74) is 2.19. The van der Waals surface area contributed by atoms with Crippen molar-refractivity contribution >= 4 is 34.6 Å². The van der Waals surface area contributed by atoms with E-state index in [9.17, 15) is 9.59 Å². The van der Waals surface area contributed by atoms with Crippen molar-refractivity contribution in [3.63, 3.8) is 0 Å². The van der Waals surface area contributed by atoms with E-state index in [0.717, 1.165) is 5.56 Å². The Balaban J connectivity index is 1.92. The summed E-state index contributed by atoms with van der Waals surface area (Å²) in [7, 11) is 1.55. The zero-order chi connectivity index (χ0) is 19.4. The van der Waals surface area contributed by atoms with Gasteiger partial charge in [0.25, 0.3) is 11.8 Å². The first-order valence-corrected chi connectivity index (χ1v) is 8.71. The maximum absolute atomic E-state index is 12.8. The van der Waals surface area contributed by atoms with E-state index >= 15 is 0 Å². The minimum absolute atomic E-state index is 0.122. The molecule has 0 bridgehead atoms. The zero-order valence-corrected chi connectivity index (χ0v) is 15.7. The van der Waals surface area contributed by atoms with Crippen molar-refractivity contribution in [2.24, 2.45) is 0 Å². The van der Waals surface area contributed by atoms with Crippen LogP contribution in [0.15, 0.2) is 42.6 Å². The second kappa shape index (κ2) is 8.20. The van der Waals surface area contributed by atoms with Gasteiger partial charge in [-0.1, -0.05) is 17.7 Å². The number of hydrogen-bond acceptors (Lipinski definition) is 4. The lowest BCUT2D eigenvalue weighted by Gasteiger charge is -2.08. The molecule has 0 spiro atoms. The molecule has 2 N–H and O–H groups in total. The van der Waals surface area contributed by atoms with Crippen molar-refractivity contribution in [2.75, 3.05) is 25.6 Å². The number of aryl methyl sites for hydroxylation is 1. The highest BCUT2D eigenvalue weighted by molar-refractivity contribution is 6.30. The van der Waals surface area contributed by atoms with E-state index in [1.54, 1.807) is 54.1 Å². The van der Waals surface area contributed by atoms with Gasteiger partial charge in [0.1, 0.15) is 0 Å². The molecule has 2 heterocycles. The number of hydrogen-bond donors (Lipinski definition) is 2. The number of ether oxygens (including phenoxy) is 1. The van der Waals surface area contributed by atoms with Crippen LogP contribution in [0, 0.1) is 6.92 Å². The number of carbonyl (C=O) groups is 2. The molecule has 2 aromatic heterocycles. The average Bonchev–Trinajstić information content (AvgIpc) is 3.04. The van der Waals surface area contributed by atoms with Crippen molar-refractivity contribution in [2.45, 2.75) is 6.92 Å². The topological polar surface area (TPSA) is 84.7 Å². The summed E-state index contributed by atoms with van der Waals surface area (Å²) in [6, 6.07) is 10.5. The maximum atomic E-state index is 12.8. The van der Waals surface area contributed by atoms with Gasteiger partial charge in [-0.15, -0.1) is 0 Å². The molecule has 0 fully saturated rings. The summed E-state index contributed by atoms with van der Waals surface area (Å²) in [6.07, 6.45) is 1.69. The largest absolute Gasteiger partial charge is 0.383 e. The van der Waals surface area contributed by atoms with Crippen LogP contribution in [-0.2, 0) is 4.74 Å². The molecule has 7 nitrogen and oxygen atoms in total. The van der Waals surface area contributed by atoms with Crippen molar-refractivity contribution in [3.8, 4) is 0 Å². The first-order chi connectivity index (χ1) is 13.0. The molecule has 0 aliphatic heterocycles. The molecule has 0 radical (unpaired) electrons. The SMILES string of the molecule is COCCNC(=O)c1nc(C(=O)Nc2ccc(Cl)cc2C)n2ccccc12. The van der Waals surface area contributed by atoms with E-state index < -0.39 is 5.91 Å². The van der Waals surface area contributed by atoms with E-state index in [1.807, 2.05) is 6.92 Å². The van der Waals surface area contributed by atoms with Crippen molar-refractivity contribution in [1.29, 1.82) is 0 Å². The van der Waals surface area contributed by atoms with Crippen LogP contribution in [0.1, 0.15) is 26.7 Å². The molecule has 8 heteroatoms. The third-order valence-electron chi connectivity index (χ3n) is 3.99. The van der Waals surface area contributed by atoms with E-state index in [4.69, 9.17) is 16.3 Å². The van der Waals surface area contributed by atoms with Gasteiger partial charge in [0, 0.05) is 30.6 Å². The number of carbonyl (C=O) groups excluding carboxylic acids is 2. The minimum atomic E-state index is -0.419. The standard InChI is InChI=1S/C19H19ClN4O3/c1-12-11-13(20)6-7-14(12)22-19(26)17-23-16(18(25)21-8-10-27-2)15-5-3-4-9-24(15)17/h3-7,9,11H,8,10H2,1-2H3,(H,21,25)(H,22,26). The molecular weight excluding hydrogens is 368 g/mol. The summed E-state index contributed by atoms with van der Waals surface area (Å²) >= 11 is 5.96. The molecule has 0 aliphatic carbocycles. The average molecular weight is 387 g/mol. The molecule has 0 atom stereocenters. The molecule has 27 heavy (non-hydrogen) atoms. The summed E-state index contributed by atoms with van der Waals surface area (Å²) in [5.74, 6) is -0.660. The third-order valence-corrected chi connectivity index (χ3v) is 4.23. The molecule has 140 valence electrons. The lowest BCUT2D eigenvalue weighted by atomic mass is 10.2. The summed E-state index contributed by atoms with van der Waals surface area (Å²) in [4.78, 5) is 29.5. The Morgan fingerprint density at radius 1 is 1.22 bits per heavy atom. The summed E-state index contributed by atoms with van der Waals surface area (Å²) in [5, 5.41) is 6.13. The number of amides is 2. The smallest absolute Gasteiger partial charge is 0.292 e. The van der Waals surface area contributed by atoms with Gasteiger partial charge in [0.2, 0.25) is 5.82 Å². The Hall–Kier alpha value is -2.90. The molecule has 3 aromatic rings. The van der Waals surface area contributed by atoms with Crippen LogP contribution in [0.4, 0.5) is 5.69 Å². The number of nitrogens with zero attached hydrogens (tertiary/aromatic N) is 2. The second-order valence-corrected chi connectivity index (χ2v) is 6.34. The highest BCUT2D eigenvalue weighted by Gasteiger charge is 2.21. The van der Waals surface area contributed by atoms with Crippen molar-refractivity contribution < 1.29 is 14.3 Å². The quantitative estimate of drug-likeness (QED) is 0.638. The predicted molar refractivity (Wildman–Crippen MR) is 104 cm³/mol. The van der Waals surface area contributed by atoms with Crippen LogP contribution < -0.4 is 10.6 Å². The molecule has 1 aromatic carbocycles. The highest BCUT2D eigenvalue weighted by atomic mass is 35.5. The molecule has 0 unspecified atom stereocenters. The Labute approximate surface area is 161 Å². The van der Waals surface area contributed by atoms with Gasteiger partial charge >= 0.3 is 0 Å². The maximum Gasteiger partial charge on any atom is 0.292 e. The first-order valence-electron chi connectivity index (χ1n) is 8.33. The van der Waals surface area contributed by atoms with Crippen molar-refractivity contribution in [3.05, 3.63) is 64.7 Å². The number of halogens is 1. The third kappa shape index (κ3) is 4.10. The van der Waals surface area contributed by atoms with Gasteiger partial charge < -0.3 is 15.4 Å². The summed E-state index contributed by atoms with van der Waals surface area (Å²) < 4.78 is 6.52. The molecule has 3 rings (SSSR count). The fourth-order valence-electron chi connectivity index (χ4n) is 2.66. The van der Waals surface area contributed by atoms with Gasteiger partial charge in [0.15, 0.2) is 5.69 Å². The van der Waals surface area contributed by atoms with E-state index in [0.29, 0.717) is 29.4 Å². The van der Waals surface area contributed by atoms with E-state index in [-0.39, 0.29) is 17.4 Å². The second-order valence-electron chi connectivity index (χ2n) is 5.90. The number of methoxy groups -OCH3 is 1. The zero-order valence-electron chi connectivity index (χ0n) is 15.0. The van der Waals surface area contributed by atoms with Crippen LogP contribution in [0.2, 0.25) is 5.02 Å². The minimum Gasteiger partial charge on any atom is -0.383 e. The van der Waals surface area contributed by atoms with Gasteiger partial charge in [-0.25, -0.2) is 4.98 Å². The Bertz CT molecular complexity index is 1000. The Kier molecular flexibility index (Phi) is 5.73. The number of imidazole rings is 1.